The highest BCUT2D eigenvalue weighted by Crippen LogP contribution is 2.21. The minimum Gasteiger partial charge on any atom is -0.549 e. The fourth-order valence-electron chi connectivity index (χ4n) is 1.96. The van der Waals surface area contributed by atoms with Crippen LogP contribution >= 0.6 is 11.8 Å². The Kier molecular flexibility index (Phi) is 5.03. The first-order chi connectivity index (χ1) is 10.5. The van der Waals surface area contributed by atoms with Crippen LogP contribution in [0.1, 0.15) is 6.92 Å². The van der Waals surface area contributed by atoms with Gasteiger partial charge in [0.15, 0.2) is 16.3 Å². The number of H-pyrrole nitrogens is 1. The van der Waals surface area contributed by atoms with Crippen molar-refractivity contribution in [3.8, 4) is 0 Å². The Morgan fingerprint density at radius 3 is 2.82 bits per heavy atom. The molecule has 2 rings (SSSR count). The fraction of sp³-hybridized carbons (Fsp3) is 0.500. The highest BCUT2D eigenvalue weighted by Gasteiger charge is 2.17. The van der Waals surface area contributed by atoms with Crippen LogP contribution < -0.4 is 16.4 Å². The van der Waals surface area contributed by atoms with Crippen molar-refractivity contribution in [2.75, 3.05) is 19.0 Å². The van der Waals surface area contributed by atoms with E-state index in [1.165, 1.54) is 11.6 Å². The van der Waals surface area contributed by atoms with E-state index in [9.17, 15) is 19.5 Å². The number of carboxylic acids is 1. The Labute approximate surface area is 128 Å². The Hall–Kier alpha value is -2.07. The first-order valence-corrected chi connectivity index (χ1v) is 7.54. The van der Waals surface area contributed by atoms with Gasteiger partial charge in [-0.05, 0) is 6.92 Å². The summed E-state index contributed by atoms with van der Waals surface area (Å²) in [5.41, 5.74) is -0.737. The number of imidazole rings is 1. The standard InChI is InChI=1S/C12H16N4O5S/c1-3-21-5-4-16-8-9(13-12(16)22-6-7(17)18)15(2)11(20)14-10(8)19/h3-6H2,1-2H3,(H,17,18)(H,14,19,20)/p-1. The Balaban J connectivity index is 2.56. The van der Waals surface area contributed by atoms with E-state index < -0.39 is 17.2 Å². The molecule has 9 nitrogen and oxygen atoms in total. The Bertz CT molecular complexity index is 806. The molecule has 10 heteroatoms. The second-order valence-corrected chi connectivity index (χ2v) is 5.34. The zero-order valence-electron chi connectivity index (χ0n) is 12.1. The van der Waals surface area contributed by atoms with Crippen LogP contribution in [0.4, 0.5) is 0 Å². The van der Waals surface area contributed by atoms with E-state index in [-0.39, 0.29) is 16.9 Å². The number of rotatable bonds is 7. The molecule has 2 aromatic heterocycles. The van der Waals surface area contributed by atoms with E-state index in [0.717, 1.165) is 11.8 Å². The molecular formula is C12H15N4O5S-. The normalized spacial score (nSPS) is 11.2. The maximum Gasteiger partial charge on any atom is 0.329 e. The van der Waals surface area contributed by atoms with E-state index in [1.807, 2.05) is 6.92 Å². The topological polar surface area (TPSA) is 122 Å². The van der Waals surface area contributed by atoms with Crippen molar-refractivity contribution in [3.63, 3.8) is 0 Å². The quantitative estimate of drug-likeness (QED) is 0.475. The van der Waals surface area contributed by atoms with Gasteiger partial charge in [0.25, 0.3) is 5.56 Å². The van der Waals surface area contributed by atoms with E-state index in [2.05, 4.69) is 9.97 Å². The van der Waals surface area contributed by atoms with Crippen molar-refractivity contribution in [2.24, 2.45) is 7.05 Å². The van der Waals surface area contributed by atoms with Gasteiger partial charge in [-0.25, -0.2) is 9.78 Å². The second kappa shape index (κ2) is 6.79. The van der Waals surface area contributed by atoms with Gasteiger partial charge in [-0.3, -0.25) is 14.3 Å². The Morgan fingerprint density at radius 2 is 2.18 bits per heavy atom. The maximum atomic E-state index is 12.0. The van der Waals surface area contributed by atoms with Crippen LogP contribution in [-0.2, 0) is 23.1 Å². The van der Waals surface area contributed by atoms with Gasteiger partial charge in [0, 0.05) is 26.0 Å². The molecule has 2 heterocycles. The molecule has 120 valence electrons. The van der Waals surface area contributed by atoms with Crippen LogP contribution in [0.25, 0.3) is 11.2 Å². The van der Waals surface area contributed by atoms with Crippen molar-refractivity contribution in [1.82, 2.24) is 19.1 Å². The monoisotopic (exact) mass is 327 g/mol. The third-order valence-electron chi connectivity index (χ3n) is 2.95. The third kappa shape index (κ3) is 3.22. The van der Waals surface area contributed by atoms with Gasteiger partial charge in [0.1, 0.15) is 0 Å². The van der Waals surface area contributed by atoms with Gasteiger partial charge in [-0.1, -0.05) is 11.8 Å². The average molecular weight is 327 g/mol. The number of aliphatic carboxylic acids is 1. The SMILES string of the molecule is CCOCCn1c(SCC(=O)[O-])nc2c1c(=O)[nH]c(=O)n2C. The van der Waals surface area contributed by atoms with Crippen LogP contribution in [0.3, 0.4) is 0 Å². The lowest BCUT2D eigenvalue weighted by molar-refractivity contribution is -0.301. The lowest BCUT2D eigenvalue weighted by Crippen LogP contribution is -2.29. The van der Waals surface area contributed by atoms with Gasteiger partial charge >= 0.3 is 5.69 Å². The molecule has 0 saturated carbocycles. The van der Waals surface area contributed by atoms with E-state index in [4.69, 9.17) is 4.74 Å². The van der Waals surface area contributed by atoms with Gasteiger partial charge < -0.3 is 19.2 Å². The van der Waals surface area contributed by atoms with E-state index in [0.29, 0.717) is 24.9 Å². The molecule has 0 fully saturated rings. The summed E-state index contributed by atoms with van der Waals surface area (Å²) < 4.78 is 8.02. The number of fused-ring (bicyclic) bond motifs is 1. The lowest BCUT2D eigenvalue weighted by atomic mass is 10.5. The summed E-state index contributed by atoms with van der Waals surface area (Å²) in [6, 6.07) is 0. The number of hydrogen-bond donors (Lipinski definition) is 1. The first-order valence-electron chi connectivity index (χ1n) is 6.55. The van der Waals surface area contributed by atoms with Crippen molar-refractivity contribution in [1.29, 1.82) is 0 Å². The first kappa shape index (κ1) is 16.3. The lowest BCUT2D eigenvalue weighted by Gasteiger charge is -2.08. The molecule has 0 amide bonds. The summed E-state index contributed by atoms with van der Waals surface area (Å²) in [6.45, 7) is 3.02. The predicted octanol–water partition coefficient (Wildman–Crippen LogP) is -1.70. The minimum absolute atomic E-state index is 0.200. The number of aromatic amines is 1. The van der Waals surface area contributed by atoms with Gasteiger partial charge in [0.2, 0.25) is 0 Å². The molecule has 2 aromatic rings. The zero-order valence-corrected chi connectivity index (χ0v) is 12.9. The van der Waals surface area contributed by atoms with Crippen molar-refractivity contribution >= 4 is 28.9 Å². The molecule has 0 atom stereocenters. The van der Waals surface area contributed by atoms with Crippen molar-refractivity contribution < 1.29 is 14.6 Å². The predicted molar refractivity (Wildman–Crippen MR) is 77.8 cm³/mol. The number of aryl methyl sites for hydroxylation is 1. The molecule has 0 bridgehead atoms. The van der Waals surface area contributed by atoms with E-state index >= 15 is 0 Å². The van der Waals surface area contributed by atoms with Gasteiger partial charge in [-0.2, -0.15) is 0 Å². The number of thioether (sulfide) groups is 1. The number of ether oxygens (including phenoxy) is 1. The molecule has 1 N–H and O–H groups in total. The molecule has 0 aromatic carbocycles. The number of nitrogens with zero attached hydrogens (tertiary/aromatic N) is 3. The molecule has 0 saturated heterocycles. The highest BCUT2D eigenvalue weighted by atomic mass is 32.2. The minimum atomic E-state index is -1.24. The molecule has 0 spiro atoms. The van der Waals surface area contributed by atoms with Crippen LogP contribution in [0.5, 0.6) is 0 Å². The van der Waals surface area contributed by atoms with Crippen molar-refractivity contribution in [2.45, 2.75) is 18.6 Å². The summed E-state index contributed by atoms with van der Waals surface area (Å²) in [4.78, 5) is 40.7. The zero-order chi connectivity index (χ0) is 16.3. The number of carboxylic acid groups (broad SMARTS) is 1. The largest absolute Gasteiger partial charge is 0.549 e. The van der Waals surface area contributed by atoms with Crippen LogP contribution in [0, 0.1) is 0 Å². The van der Waals surface area contributed by atoms with Gasteiger partial charge in [0.05, 0.1) is 12.6 Å². The van der Waals surface area contributed by atoms with Gasteiger partial charge in [-0.15, -0.1) is 0 Å². The smallest absolute Gasteiger partial charge is 0.329 e. The molecule has 0 unspecified atom stereocenters. The maximum absolute atomic E-state index is 12.0. The fourth-order valence-corrected chi connectivity index (χ4v) is 2.69. The molecule has 22 heavy (non-hydrogen) atoms. The number of nitrogens with one attached hydrogen (secondary N) is 1. The van der Waals surface area contributed by atoms with Crippen LogP contribution in [-0.4, -0.2) is 44.0 Å². The highest BCUT2D eigenvalue weighted by molar-refractivity contribution is 7.99. The van der Waals surface area contributed by atoms with E-state index in [1.54, 1.807) is 4.57 Å². The second-order valence-electron chi connectivity index (χ2n) is 4.39. The summed E-state index contributed by atoms with van der Waals surface area (Å²) >= 11 is 0.928. The number of aromatic nitrogens is 4. The third-order valence-corrected chi connectivity index (χ3v) is 3.90. The molecule has 0 aliphatic carbocycles. The number of carbonyl (C=O) groups excluding carboxylic acids is 1. The molecular weight excluding hydrogens is 312 g/mol. The van der Waals surface area contributed by atoms with Crippen LogP contribution in [0.15, 0.2) is 14.7 Å². The number of carbonyl (C=O) groups is 1. The average Bonchev–Trinajstić information content (AvgIpc) is 2.82. The summed E-state index contributed by atoms with van der Waals surface area (Å²) in [5.74, 6) is -1.54. The molecule has 0 radical (unpaired) electrons. The number of hydrogen-bond acceptors (Lipinski definition) is 7. The molecule has 0 aliphatic heterocycles. The summed E-state index contributed by atoms with van der Waals surface area (Å²) in [5, 5.41) is 11.0. The van der Waals surface area contributed by atoms with Crippen molar-refractivity contribution in [3.05, 3.63) is 20.8 Å². The Morgan fingerprint density at radius 1 is 1.45 bits per heavy atom. The van der Waals surface area contributed by atoms with Crippen LogP contribution in [0.2, 0.25) is 0 Å². The summed E-state index contributed by atoms with van der Waals surface area (Å²) in [6.07, 6.45) is 0. The molecule has 0 aliphatic rings. The summed E-state index contributed by atoms with van der Waals surface area (Å²) in [7, 11) is 1.48.